The molecule has 2 N–H and O–H groups in total. The number of nitrogens with zero attached hydrogens (tertiary/aromatic N) is 6. The lowest BCUT2D eigenvalue weighted by atomic mass is 9.48. The first-order chi connectivity index (χ1) is 27.6. The molecule has 4 heterocycles. The summed E-state index contributed by atoms with van der Waals surface area (Å²) in [6.45, 7) is 3.10. The van der Waals surface area contributed by atoms with Gasteiger partial charge in [-0.3, -0.25) is 4.79 Å². The molecule has 3 aromatic heterocycles. The Kier molecular flexibility index (Phi) is 9.38. The van der Waals surface area contributed by atoms with Crippen LogP contribution in [0.5, 0.6) is 5.75 Å². The SMILES string of the molecule is CC1CN(c2ncc(F)cn2)CCC1Oc1ccc2c(-c3ncc(C(=O)NC4(C(=O)O)C5CC6CC(C5)CC4C6)c(C(F)(F)F)n3)cn(C3CCC(F)(F)CC3)c2c1. The van der Waals surface area contributed by atoms with E-state index in [9.17, 15) is 41.0 Å². The van der Waals surface area contributed by atoms with Gasteiger partial charge in [0, 0.05) is 73.7 Å². The summed E-state index contributed by atoms with van der Waals surface area (Å²) in [5.74, 6) is -5.29. The monoisotopic (exact) mass is 811 g/mol. The molecule has 17 heteroatoms. The smallest absolute Gasteiger partial charge is 0.434 e. The highest BCUT2D eigenvalue weighted by molar-refractivity contribution is 6.00. The molecule has 58 heavy (non-hydrogen) atoms. The molecule has 1 aliphatic heterocycles. The van der Waals surface area contributed by atoms with Crippen molar-refractivity contribution in [2.75, 3.05) is 18.0 Å². The number of carbonyl (C=O) groups is 2. The first kappa shape index (κ1) is 38.6. The summed E-state index contributed by atoms with van der Waals surface area (Å²) in [5.41, 5.74) is -3.30. The number of anilines is 1. The number of benzene rings is 1. The summed E-state index contributed by atoms with van der Waals surface area (Å²) in [5, 5.41) is 13.5. The maximum atomic E-state index is 14.8. The number of rotatable bonds is 8. The number of hydrogen-bond donors (Lipinski definition) is 2. The second-order valence-electron chi connectivity index (χ2n) is 17.2. The number of nitrogens with one attached hydrogen (secondary N) is 1. The average molecular weight is 812 g/mol. The van der Waals surface area contributed by atoms with Gasteiger partial charge in [0.1, 0.15) is 17.4 Å². The quantitative estimate of drug-likeness (QED) is 0.169. The molecule has 0 radical (unpaired) electrons. The molecule has 1 saturated heterocycles. The molecule has 6 fully saturated rings. The van der Waals surface area contributed by atoms with Gasteiger partial charge in [0.15, 0.2) is 17.3 Å². The van der Waals surface area contributed by atoms with Crippen LogP contribution in [0.15, 0.2) is 43.0 Å². The molecular weight excluding hydrogens is 768 g/mol. The van der Waals surface area contributed by atoms with Crippen LogP contribution in [0.1, 0.15) is 93.2 Å². The van der Waals surface area contributed by atoms with E-state index < -0.39 is 52.6 Å². The normalized spacial score (nSPS) is 29.5. The predicted molar refractivity (Wildman–Crippen MR) is 198 cm³/mol. The predicted octanol–water partition coefficient (Wildman–Crippen LogP) is 8.10. The second-order valence-corrected chi connectivity index (χ2v) is 17.2. The summed E-state index contributed by atoms with van der Waals surface area (Å²) >= 11 is 0. The Morgan fingerprint density at radius 2 is 1.62 bits per heavy atom. The van der Waals surface area contributed by atoms with Crippen molar-refractivity contribution in [2.24, 2.45) is 29.6 Å². The number of halogens is 6. The molecule has 4 bridgehead atoms. The van der Waals surface area contributed by atoms with Gasteiger partial charge in [-0.2, -0.15) is 13.2 Å². The van der Waals surface area contributed by atoms with E-state index in [-0.39, 0.29) is 60.9 Å². The number of aliphatic carboxylic acids is 1. The topological polar surface area (TPSA) is 135 Å². The van der Waals surface area contributed by atoms with Gasteiger partial charge in [-0.05, 0) is 80.8 Å². The van der Waals surface area contributed by atoms with Crippen molar-refractivity contribution >= 4 is 28.7 Å². The van der Waals surface area contributed by atoms with Crippen molar-refractivity contribution < 1.29 is 45.8 Å². The van der Waals surface area contributed by atoms with Crippen LogP contribution in [0, 0.1) is 35.4 Å². The second kappa shape index (κ2) is 14.1. The molecule has 0 spiro atoms. The minimum atomic E-state index is -5.10. The Bertz CT molecular complexity index is 2210. The Labute approximate surface area is 329 Å². The molecule has 2 atom stereocenters. The number of alkyl halides is 5. The fourth-order valence-electron chi connectivity index (χ4n) is 10.9. The maximum Gasteiger partial charge on any atom is 0.434 e. The zero-order valence-corrected chi connectivity index (χ0v) is 31.7. The standard InChI is InChI=1S/C41H43F6N7O4/c1-21-19-53(38-49-16-26(42)17-50-38)9-6-33(21)58-28-2-3-29-31(20-54(32(29)15-28)27-4-7-39(43,44)8-5-27)35-48-18-30(34(51-35)41(45,46)47)36(55)52-40(37(56)57)24-11-22-10-23(13-24)14-25(40)12-22/h2-3,15-18,20-25,27,33H,4-14,19H2,1H3,(H,52,55)(H,56,57). The van der Waals surface area contributed by atoms with Crippen molar-refractivity contribution in [1.29, 1.82) is 0 Å². The molecule has 1 amide bonds. The molecule has 1 aromatic carbocycles. The number of aromatic nitrogens is 5. The average Bonchev–Trinajstić information content (AvgIpc) is 3.55. The lowest BCUT2D eigenvalue weighted by Gasteiger charge is -2.59. The van der Waals surface area contributed by atoms with Gasteiger partial charge in [0.05, 0.1) is 23.5 Å². The molecule has 2 unspecified atom stereocenters. The van der Waals surface area contributed by atoms with Crippen LogP contribution in [0.2, 0.25) is 0 Å². The first-order valence-electron chi connectivity index (χ1n) is 20.0. The highest BCUT2D eigenvalue weighted by Gasteiger charge is 2.62. The summed E-state index contributed by atoms with van der Waals surface area (Å²) < 4.78 is 94.8. The third kappa shape index (κ3) is 6.81. The molecule has 5 saturated carbocycles. The third-order valence-electron chi connectivity index (χ3n) is 13.5. The Hall–Kier alpha value is -4.96. The van der Waals surface area contributed by atoms with Crippen LogP contribution < -0.4 is 15.0 Å². The Balaban J connectivity index is 1.03. The Morgan fingerprint density at radius 1 is 0.948 bits per heavy atom. The number of carboxylic acid groups (broad SMARTS) is 1. The van der Waals surface area contributed by atoms with Crippen LogP contribution in [0.4, 0.5) is 32.3 Å². The molecule has 4 aromatic rings. The summed E-state index contributed by atoms with van der Waals surface area (Å²) in [6, 6.07) is 4.72. The van der Waals surface area contributed by atoms with Crippen LogP contribution >= 0.6 is 0 Å². The van der Waals surface area contributed by atoms with E-state index in [1.165, 1.54) is 0 Å². The molecule has 6 aliphatic rings. The molecule has 10 rings (SSSR count). The lowest BCUT2D eigenvalue weighted by molar-refractivity contribution is -0.163. The van der Waals surface area contributed by atoms with Gasteiger partial charge in [-0.1, -0.05) is 6.92 Å². The molecule has 5 aliphatic carbocycles. The largest absolute Gasteiger partial charge is 0.490 e. The van der Waals surface area contributed by atoms with E-state index in [0.717, 1.165) is 25.0 Å². The number of carboxylic acids is 1. The number of piperidine rings is 1. The number of amides is 1. The van der Waals surface area contributed by atoms with E-state index >= 15 is 0 Å². The van der Waals surface area contributed by atoms with Crippen LogP contribution in [0.25, 0.3) is 22.3 Å². The van der Waals surface area contributed by atoms with E-state index in [1.807, 2.05) is 11.8 Å². The summed E-state index contributed by atoms with van der Waals surface area (Å²) in [4.78, 5) is 45.0. The third-order valence-corrected chi connectivity index (χ3v) is 13.5. The molecular formula is C41H43F6N7O4. The number of ether oxygens (including phenoxy) is 1. The van der Waals surface area contributed by atoms with Gasteiger partial charge in [-0.15, -0.1) is 0 Å². The van der Waals surface area contributed by atoms with Crippen molar-refractivity contribution in [3.63, 3.8) is 0 Å². The van der Waals surface area contributed by atoms with Crippen molar-refractivity contribution in [3.8, 4) is 17.1 Å². The highest BCUT2D eigenvalue weighted by atomic mass is 19.4. The number of carbonyl (C=O) groups excluding carboxylic acids is 1. The minimum Gasteiger partial charge on any atom is -0.490 e. The van der Waals surface area contributed by atoms with E-state index in [0.29, 0.717) is 79.6 Å². The van der Waals surface area contributed by atoms with E-state index in [2.05, 4.69) is 25.3 Å². The van der Waals surface area contributed by atoms with Crippen LogP contribution in [-0.4, -0.2) is 72.1 Å². The Morgan fingerprint density at radius 3 is 2.24 bits per heavy atom. The fourth-order valence-corrected chi connectivity index (χ4v) is 10.9. The summed E-state index contributed by atoms with van der Waals surface area (Å²) in [7, 11) is 0. The highest BCUT2D eigenvalue weighted by Crippen LogP contribution is 2.58. The molecule has 11 nitrogen and oxygen atoms in total. The van der Waals surface area contributed by atoms with E-state index in [1.54, 1.807) is 29.0 Å². The first-order valence-corrected chi connectivity index (χ1v) is 20.0. The minimum absolute atomic E-state index is 0.000337. The zero-order chi connectivity index (χ0) is 40.7. The van der Waals surface area contributed by atoms with Crippen molar-refractivity contribution in [3.05, 3.63) is 60.1 Å². The zero-order valence-electron chi connectivity index (χ0n) is 31.7. The van der Waals surface area contributed by atoms with Crippen molar-refractivity contribution in [2.45, 2.75) is 101 Å². The van der Waals surface area contributed by atoms with Gasteiger partial charge in [0.2, 0.25) is 11.9 Å². The van der Waals surface area contributed by atoms with Gasteiger partial charge < -0.3 is 24.6 Å². The van der Waals surface area contributed by atoms with Gasteiger partial charge in [0.25, 0.3) is 5.91 Å². The summed E-state index contributed by atoms with van der Waals surface area (Å²) in [6.07, 6.45) is 2.83. The molecule has 308 valence electrons. The number of hydrogen-bond acceptors (Lipinski definition) is 8. The van der Waals surface area contributed by atoms with Gasteiger partial charge in [-0.25, -0.2) is 37.9 Å². The van der Waals surface area contributed by atoms with Crippen molar-refractivity contribution in [1.82, 2.24) is 29.8 Å². The van der Waals surface area contributed by atoms with Crippen LogP contribution in [-0.2, 0) is 11.0 Å². The van der Waals surface area contributed by atoms with Gasteiger partial charge >= 0.3 is 12.1 Å². The fraction of sp³-hybridized carbons (Fsp3) is 0.561. The lowest BCUT2D eigenvalue weighted by Crippen LogP contribution is -2.70. The number of fused-ring (bicyclic) bond motifs is 1. The van der Waals surface area contributed by atoms with Crippen LogP contribution in [0.3, 0.4) is 0 Å². The van der Waals surface area contributed by atoms with E-state index in [4.69, 9.17) is 4.74 Å². The maximum absolute atomic E-state index is 14.8.